The lowest BCUT2D eigenvalue weighted by molar-refractivity contribution is -0.129. The summed E-state index contributed by atoms with van der Waals surface area (Å²) in [5, 5.41) is 11.1. The number of anilines is 1. The summed E-state index contributed by atoms with van der Waals surface area (Å²) in [6.07, 6.45) is 0.242. The number of allylic oxidation sites excluding steroid dienone is 1. The van der Waals surface area contributed by atoms with Crippen molar-refractivity contribution in [3.8, 4) is 6.07 Å². The second kappa shape index (κ2) is 7.26. The summed E-state index contributed by atoms with van der Waals surface area (Å²) in [6.45, 7) is 0.352. The molecule has 1 atom stereocenters. The van der Waals surface area contributed by atoms with Crippen molar-refractivity contribution in [1.29, 1.82) is 5.26 Å². The van der Waals surface area contributed by atoms with Gasteiger partial charge in [0.15, 0.2) is 0 Å². The standard InChI is InChI=1S/C20H15ClFN3OS/c21-14-3-1-13(2-4-14)17-9-19(26)25-11-24(12-27-20(25)18(17)10-23)16-7-5-15(22)6-8-16/h1-8,17H,9,11-12H2/t17-/m0/s1. The lowest BCUT2D eigenvalue weighted by atomic mass is 9.86. The summed E-state index contributed by atoms with van der Waals surface area (Å²) < 4.78 is 13.2. The molecule has 1 saturated heterocycles. The summed E-state index contributed by atoms with van der Waals surface area (Å²) in [4.78, 5) is 16.5. The Morgan fingerprint density at radius 2 is 1.85 bits per heavy atom. The van der Waals surface area contributed by atoms with Gasteiger partial charge in [0.1, 0.15) is 5.82 Å². The van der Waals surface area contributed by atoms with Gasteiger partial charge in [-0.05, 0) is 42.0 Å². The average Bonchev–Trinajstić information content (AvgIpc) is 2.69. The molecule has 0 unspecified atom stereocenters. The fourth-order valence-electron chi connectivity index (χ4n) is 3.36. The van der Waals surface area contributed by atoms with Crippen LogP contribution in [0.4, 0.5) is 10.1 Å². The normalized spacial score (nSPS) is 19.7. The minimum Gasteiger partial charge on any atom is -0.344 e. The van der Waals surface area contributed by atoms with E-state index in [9.17, 15) is 14.4 Å². The number of thioether (sulfide) groups is 1. The van der Waals surface area contributed by atoms with Crippen molar-refractivity contribution >= 4 is 35.0 Å². The van der Waals surface area contributed by atoms with Crippen LogP contribution in [0.1, 0.15) is 17.9 Å². The van der Waals surface area contributed by atoms with Crippen molar-refractivity contribution in [3.05, 3.63) is 75.5 Å². The van der Waals surface area contributed by atoms with Crippen LogP contribution in [0.15, 0.2) is 59.1 Å². The number of halogens is 2. The lowest BCUT2D eigenvalue weighted by Crippen LogP contribution is -2.47. The van der Waals surface area contributed by atoms with Gasteiger partial charge in [-0.1, -0.05) is 35.5 Å². The van der Waals surface area contributed by atoms with Crippen molar-refractivity contribution in [1.82, 2.24) is 4.90 Å². The van der Waals surface area contributed by atoms with Crippen LogP contribution in [0, 0.1) is 17.1 Å². The highest BCUT2D eigenvalue weighted by molar-refractivity contribution is 8.03. The van der Waals surface area contributed by atoms with E-state index >= 15 is 0 Å². The molecule has 0 N–H and O–H groups in total. The molecule has 2 aromatic carbocycles. The number of nitriles is 1. The highest BCUT2D eigenvalue weighted by atomic mass is 35.5. The number of carbonyl (C=O) groups is 1. The summed E-state index contributed by atoms with van der Waals surface area (Å²) in [5.41, 5.74) is 2.37. The van der Waals surface area contributed by atoms with E-state index in [0.29, 0.717) is 28.2 Å². The quantitative estimate of drug-likeness (QED) is 0.734. The predicted molar refractivity (Wildman–Crippen MR) is 104 cm³/mol. The summed E-state index contributed by atoms with van der Waals surface area (Å²) in [5.74, 6) is 0.0123. The van der Waals surface area contributed by atoms with Gasteiger partial charge < -0.3 is 4.90 Å². The molecule has 1 fully saturated rings. The fourth-order valence-corrected chi connectivity index (χ4v) is 4.65. The third kappa shape index (κ3) is 3.41. The molecule has 0 spiro atoms. The third-order valence-corrected chi connectivity index (χ3v) is 6.16. The number of nitrogens with zero attached hydrogens (tertiary/aromatic N) is 3. The Labute approximate surface area is 165 Å². The van der Waals surface area contributed by atoms with Crippen molar-refractivity contribution in [2.24, 2.45) is 0 Å². The summed E-state index contributed by atoms with van der Waals surface area (Å²) >= 11 is 7.42. The molecule has 4 rings (SSSR count). The smallest absolute Gasteiger partial charge is 0.229 e. The average molecular weight is 400 g/mol. The zero-order valence-electron chi connectivity index (χ0n) is 14.2. The number of amides is 1. The second-order valence-electron chi connectivity index (χ2n) is 6.39. The van der Waals surface area contributed by atoms with E-state index in [1.165, 1.54) is 23.9 Å². The Morgan fingerprint density at radius 1 is 1.15 bits per heavy atom. The Balaban J connectivity index is 1.65. The fraction of sp³-hybridized carbons (Fsp3) is 0.200. The molecule has 2 aliphatic rings. The van der Waals surface area contributed by atoms with Crippen LogP contribution in [0.3, 0.4) is 0 Å². The van der Waals surface area contributed by atoms with E-state index < -0.39 is 0 Å². The zero-order valence-corrected chi connectivity index (χ0v) is 15.8. The minimum atomic E-state index is -0.296. The Bertz CT molecular complexity index is 953. The molecule has 0 radical (unpaired) electrons. The SMILES string of the molecule is N#CC1=C2SCN(c3ccc(F)cc3)CN2C(=O)C[C@H]1c1ccc(Cl)cc1. The molecule has 0 bridgehead atoms. The summed E-state index contributed by atoms with van der Waals surface area (Å²) in [7, 11) is 0. The van der Waals surface area contributed by atoms with Crippen LogP contribution >= 0.6 is 23.4 Å². The lowest BCUT2D eigenvalue weighted by Gasteiger charge is -2.42. The monoisotopic (exact) mass is 399 g/mol. The van der Waals surface area contributed by atoms with Crippen molar-refractivity contribution < 1.29 is 9.18 Å². The van der Waals surface area contributed by atoms with Gasteiger partial charge in [-0.3, -0.25) is 9.69 Å². The molecule has 2 aliphatic heterocycles. The van der Waals surface area contributed by atoms with Gasteiger partial charge in [-0.2, -0.15) is 5.26 Å². The van der Waals surface area contributed by atoms with Crippen molar-refractivity contribution in [3.63, 3.8) is 0 Å². The highest BCUT2D eigenvalue weighted by Gasteiger charge is 2.38. The molecule has 0 aromatic heterocycles. The van der Waals surface area contributed by atoms with E-state index in [4.69, 9.17) is 11.6 Å². The van der Waals surface area contributed by atoms with Gasteiger partial charge >= 0.3 is 0 Å². The van der Waals surface area contributed by atoms with E-state index in [1.54, 1.807) is 29.2 Å². The first-order chi connectivity index (χ1) is 13.1. The van der Waals surface area contributed by atoms with Crippen LogP contribution in [-0.4, -0.2) is 23.4 Å². The molecule has 136 valence electrons. The molecule has 0 saturated carbocycles. The molecular formula is C20H15ClFN3OS. The van der Waals surface area contributed by atoms with Crippen LogP contribution in [0.5, 0.6) is 0 Å². The van der Waals surface area contributed by atoms with Gasteiger partial charge in [-0.15, -0.1) is 0 Å². The number of benzene rings is 2. The first-order valence-corrected chi connectivity index (χ1v) is 9.76. The molecule has 7 heteroatoms. The molecule has 2 heterocycles. The molecule has 27 heavy (non-hydrogen) atoms. The predicted octanol–water partition coefficient (Wildman–Crippen LogP) is 4.70. The second-order valence-corrected chi connectivity index (χ2v) is 7.76. The number of carbonyl (C=O) groups excluding carboxylic acids is 1. The third-order valence-electron chi connectivity index (χ3n) is 4.76. The maximum absolute atomic E-state index is 13.2. The zero-order chi connectivity index (χ0) is 19.0. The van der Waals surface area contributed by atoms with Crippen LogP contribution in [0.25, 0.3) is 0 Å². The van der Waals surface area contributed by atoms with E-state index in [1.807, 2.05) is 17.0 Å². The van der Waals surface area contributed by atoms with Crippen LogP contribution in [-0.2, 0) is 4.79 Å². The number of rotatable bonds is 2. The summed E-state index contributed by atoms with van der Waals surface area (Å²) in [6, 6.07) is 15.8. The molecular weight excluding hydrogens is 385 g/mol. The maximum Gasteiger partial charge on any atom is 0.229 e. The maximum atomic E-state index is 13.2. The highest BCUT2D eigenvalue weighted by Crippen LogP contribution is 2.43. The molecule has 1 amide bonds. The molecule has 4 nitrogen and oxygen atoms in total. The molecule has 2 aromatic rings. The van der Waals surface area contributed by atoms with E-state index in [2.05, 4.69) is 6.07 Å². The van der Waals surface area contributed by atoms with E-state index in [-0.39, 0.29) is 24.1 Å². The van der Waals surface area contributed by atoms with Crippen molar-refractivity contribution in [2.75, 3.05) is 17.4 Å². The number of hydrogen-bond acceptors (Lipinski definition) is 4. The van der Waals surface area contributed by atoms with Gasteiger partial charge in [0, 0.05) is 23.0 Å². The molecule has 0 aliphatic carbocycles. The van der Waals surface area contributed by atoms with Crippen LogP contribution < -0.4 is 4.90 Å². The van der Waals surface area contributed by atoms with Gasteiger partial charge in [-0.25, -0.2) is 4.39 Å². The Morgan fingerprint density at radius 3 is 2.52 bits per heavy atom. The number of fused-ring (bicyclic) bond motifs is 1. The van der Waals surface area contributed by atoms with Crippen LogP contribution in [0.2, 0.25) is 5.02 Å². The van der Waals surface area contributed by atoms with Gasteiger partial charge in [0.2, 0.25) is 5.91 Å². The first-order valence-electron chi connectivity index (χ1n) is 8.40. The first kappa shape index (κ1) is 17.9. The topological polar surface area (TPSA) is 47.3 Å². The minimum absolute atomic E-state index is 0.0248. The van der Waals surface area contributed by atoms with Crippen molar-refractivity contribution in [2.45, 2.75) is 12.3 Å². The Hall–Kier alpha value is -2.49. The number of hydrogen-bond donors (Lipinski definition) is 0. The van der Waals surface area contributed by atoms with E-state index in [0.717, 1.165) is 11.3 Å². The van der Waals surface area contributed by atoms with Gasteiger partial charge in [0.25, 0.3) is 0 Å². The van der Waals surface area contributed by atoms with Gasteiger partial charge in [0.05, 0.1) is 29.2 Å². The Kier molecular flexibility index (Phi) is 4.81. The largest absolute Gasteiger partial charge is 0.344 e.